The summed E-state index contributed by atoms with van der Waals surface area (Å²) in [7, 11) is 1.57. The molecule has 0 aliphatic rings. The van der Waals surface area contributed by atoms with Gasteiger partial charge < -0.3 is 10.1 Å². The Labute approximate surface area is 178 Å². The molecule has 1 aromatic heterocycles. The van der Waals surface area contributed by atoms with E-state index in [1.807, 2.05) is 19.9 Å². The van der Waals surface area contributed by atoms with Crippen LogP contribution in [0.15, 0.2) is 52.4 Å². The topological polar surface area (TPSA) is 73.2 Å². The largest absolute Gasteiger partial charge is 0.383 e. The van der Waals surface area contributed by atoms with Crippen molar-refractivity contribution in [3.8, 4) is 0 Å². The predicted octanol–water partition coefficient (Wildman–Crippen LogP) is 3.61. The van der Waals surface area contributed by atoms with E-state index >= 15 is 0 Å². The molecular formula is C22H24FN3O3S. The third kappa shape index (κ3) is 5.25. The Bertz CT molecular complexity index is 1110. The van der Waals surface area contributed by atoms with Crippen LogP contribution in [0, 0.1) is 5.82 Å². The van der Waals surface area contributed by atoms with Crippen molar-refractivity contribution in [1.82, 2.24) is 14.9 Å². The fourth-order valence-corrected chi connectivity index (χ4v) is 3.92. The first-order valence-corrected chi connectivity index (χ1v) is 10.6. The number of nitrogens with one attached hydrogen (secondary N) is 1. The zero-order chi connectivity index (χ0) is 21.7. The molecular weight excluding hydrogens is 405 g/mol. The lowest BCUT2D eigenvalue weighted by molar-refractivity contribution is 0.0943. The third-order valence-corrected chi connectivity index (χ3v) is 5.43. The number of benzene rings is 2. The highest BCUT2D eigenvalue weighted by atomic mass is 32.2. The van der Waals surface area contributed by atoms with Crippen molar-refractivity contribution >= 4 is 28.6 Å². The molecule has 158 valence electrons. The summed E-state index contributed by atoms with van der Waals surface area (Å²) < 4.78 is 20.2. The molecule has 0 fully saturated rings. The fraction of sp³-hybridized carbons (Fsp3) is 0.318. The van der Waals surface area contributed by atoms with E-state index in [4.69, 9.17) is 4.74 Å². The number of thioether (sulfide) groups is 1. The van der Waals surface area contributed by atoms with Crippen molar-refractivity contribution < 1.29 is 13.9 Å². The standard InChI is InChI=1S/C22H24FN3O3S/c1-14(2)24-20(27)16-7-8-18-19(12-16)25-22(26(21(18)28)9-10-29-3)30-13-15-5-4-6-17(23)11-15/h4-8,11-12,14H,9-10,13H2,1-3H3,(H,24,27). The molecule has 3 rings (SSSR count). The molecule has 1 N–H and O–H groups in total. The maximum absolute atomic E-state index is 13.5. The fourth-order valence-electron chi connectivity index (χ4n) is 2.95. The summed E-state index contributed by atoms with van der Waals surface area (Å²) in [6.07, 6.45) is 0. The van der Waals surface area contributed by atoms with Gasteiger partial charge in [-0.25, -0.2) is 9.37 Å². The van der Waals surface area contributed by atoms with Crippen molar-refractivity contribution in [3.63, 3.8) is 0 Å². The second-order valence-corrected chi connectivity index (χ2v) is 8.07. The Kier molecular flexibility index (Phi) is 7.23. The number of aromatic nitrogens is 2. The number of halogens is 1. The lowest BCUT2D eigenvalue weighted by atomic mass is 10.1. The quantitative estimate of drug-likeness (QED) is 0.437. The van der Waals surface area contributed by atoms with E-state index in [0.717, 1.165) is 5.56 Å². The second-order valence-electron chi connectivity index (χ2n) is 7.12. The maximum atomic E-state index is 13.5. The first-order chi connectivity index (χ1) is 14.4. The van der Waals surface area contributed by atoms with Gasteiger partial charge in [0.1, 0.15) is 5.82 Å². The van der Waals surface area contributed by atoms with Gasteiger partial charge in [0.2, 0.25) is 0 Å². The SMILES string of the molecule is COCCn1c(SCc2cccc(F)c2)nc2cc(C(=O)NC(C)C)ccc2c1=O. The number of hydrogen-bond donors (Lipinski definition) is 1. The van der Waals surface area contributed by atoms with Crippen LogP contribution in [0.2, 0.25) is 0 Å². The molecule has 0 aliphatic carbocycles. The molecule has 2 aromatic carbocycles. The maximum Gasteiger partial charge on any atom is 0.262 e. The first-order valence-electron chi connectivity index (χ1n) is 9.60. The minimum atomic E-state index is -0.308. The number of amides is 1. The van der Waals surface area contributed by atoms with E-state index in [2.05, 4.69) is 10.3 Å². The molecule has 0 spiro atoms. The van der Waals surface area contributed by atoms with Gasteiger partial charge in [0.05, 0.1) is 24.1 Å². The summed E-state index contributed by atoms with van der Waals surface area (Å²) >= 11 is 1.34. The van der Waals surface area contributed by atoms with Gasteiger partial charge in [-0.15, -0.1) is 0 Å². The van der Waals surface area contributed by atoms with E-state index in [1.54, 1.807) is 35.9 Å². The predicted molar refractivity (Wildman–Crippen MR) is 116 cm³/mol. The molecule has 0 aliphatic heterocycles. The average Bonchev–Trinajstić information content (AvgIpc) is 2.71. The molecule has 8 heteroatoms. The van der Waals surface area contributed by atoms with Gasteiger partial charge in [0.25, 0.3) is 11.5 Å². The highest BCUT2D eigenvalue weighted by molar-refractivity contribution is 7.98. The lowest BCUT2D eigenvalue weighted by Crippen LogP contribution is -2.30. The van der Waals surface area contributed by atoms with Crippen LogP contribution >= 0.6 is 11.8 Å². The van der Waals surface area contributed by atoms with E-state index in [1.165, 1.54) is 23.9 Å². The number of carbonyl (C=O) groups excluding carboxylic acids is 1. The van der Waals surface area contributed by atoms with Crippen LogP contribution < -0.4 is 10.9 Å². The van der Waals surface area contributed by atoms with Gasteiger partial charge in [0.15, 0.2) is 5.16 Å². The summed E-state index contributed by atoms with van der Waals surface area (Å²) in [6.45, 7) is 4.47. The molecule has 30 heavy (non-hydrogen) atoms. The molecule has 0 unspecified atom stereocenters. The van der Waals surface area contributed by atoms with Crippen molar-refractivity contribution in [3.05, 3.63) is 69.8 Å². The molecule has 0 bridgehead atoms. The number of carbonyl (C=O) groups is 1. The van der Waals surface area contributed by atoms with E-state index in [9.17, 15) is 14.0 Å². The minimum absolute atomic E-state index is 0.000542. The molecule has 6 nitrogen and oxygen atoms in total. The van der Waals surface area contributed by atoms with Crippen LogP contribution in [0.25, 0.3) is 10.9 Å². The smallest absolute Gasteiger partial charge is 0.262 e. The monoisotopic (exact) mass is 429 g/mol. The summed E-state index contributed by atoms with van der Waals surface area (Å²) in [5.41, 5.74) is 1.48. The van der Waals surface area contributed by atoms with E-state index < -0.39 is 0 Å². The van der Waals surface area contributed by atoms with Crippen molar-refractivity contribution in [2.75, 3.05) is 13.7 Å². The number of methoxy groups -OCH3 is 1. The van der Waals surface area contributed by atoms with Crippen LogP contribution in [0.3, 0.4) is 0 Å². The summed E-state index contributed by atoms with van der Waals surface area (Å²) in [5.74, 6) is -0.0701. The highest BCUT2D eigenvalue weighted by Crippen LogP contribution is 2.23. The van der Waals surface area contributed by atoms with E-state index in [0.29, 0.717) is 40.5 Å². The first kappa shape index (κ1) is 22.0. The van der Waals surface area contributed by atoms with Crippen LogP contribution in [-0.4, -0.2) is 35.2 Å². The van der Waals surface area contributed by atoms with Crippen molar-refractivity contribution in [1.29, 1.82) is 0 Å². The molecule has 0 radical (unpaired) electrons. The Hall–Kier alpha value is -2.71. The van der Waals surface area contributed by atoms with Crippen LogP contribution in [-0.2, 0) is 17.0 Å². The summed E-state index contributed by atoms with van der Waals surface area (Å²) in [5, 5.41) is 3.77. The van der Waals surface area contributed by atoms with Gasteiger partial charge in [-0.3, -0.25) is 14.2 Å². The average molecular weight is 430 g/mol. The third-order valence-electron chi connectivity index (χ3n) is 4.38. The van der Waals surface area contributed by atoms with Gasteiger partial charge in [-0.1, -0.05) is 23.9 Å². The Morgan fingerprint density at radius 2 is 2.07 bits per heavy atom. The van der Waals surface area contributed by atoms with Crippen molar-refractivity contribution in [2.45, 2.75) is 37.3 Å². The number of fused-ring (bicyclic) bond motifs is 1. The van der Waals surface area contributed by atoms with E-state index in [-0.39, 0.29) is 23.3 Å². The Morgan fingerprint density at radius 1 is 1.27 bits per heavy atom. The van der Waals surface area contributed by atoms with Gasteiger partial charge in [0, 0.05) is 24.5 Å². The number of ether oxygens (including phenoxy) is 1. The molecule has 0 saturated carbocycles. The highest BCUT2D eigenvalue weighted by Gasteiger charge is 2.15. The normalized spacial score (nSPS) is 11.2. The van der Waals surface area contributed by atoms with Crippen LogP contribution in [0.4, 0.5) is 4.39 Å². The molecule has 1 amide bonds. The van der Waals surface area contributed by atoms with Gasteiger partial charge >= 0.3 is 0 Å². The Balaban J connectivity index is 2.00. The molecule has 3 aromatic rings. The van der Waals surface area contributed by atoms with Gasteiger partial charge in [-0.2, -0.15) is 0 Å². The van der Waals surface area contributed by atoms with Gasteiger partial charge in [-0.05, 0) is 49.7 Å². The van der Waals surface area contributed by atoms with Crippen LogP contribution in [0.5, 0.6) is 0 Å². The molecule has 1 heterocycles. The summed E-state index contributed by atoms with van der Waals surface area (Å²) in [6, 6.07) is 11.2. The number of nitrogens with zero attached hydrogens (tertiary/aromatic N) is 2. The molecule has 0 atom stereocenters. The second kappa shape index (κ2) is 9.86. The minimum Gasteiger partial charge on any atom is -0.383 e. The zero-order valence-corrected chi connectivity index (χ0v) is 18.0. The van der Waals surface area contributed by atoms with Crippen LogP contribution in [0.1, 0.15) is 29.8 Å². The molecule has 0 saturated heterocycles. The Morgan fingerprint density at radius 3 is 2.77 bits per heavy atom. The lowest BCUT2D eigenvalue weighted by Gasteiger charge is -2.14. The summed E-state index contributed by atoms with van der Waals surface area (Å²) in [4.78, 5) is 30.1. The number of rotatable bonds is 8. The van der Waals surface area contributed by atoms with Crippen molar-refractivity contribution in [2.24, 2.45) is 0 Å². The number of hydrogen-bond acceptors (Lipinski definition) is 5. The zero-order valence-electron chi connectivity index (χ0n) is 17.1.